The van der Waals surface area contributed by atoms with Crippen molar-refractivity contribution in [3.8, 4) is 0 Å². The topological polar surface area (TPSA) is 161 Å². The molecule has 0 atom stereocenters. The average molecular weight is 1120 g/mol. The number of carbonyl (C=O) groups is 4. The Kier molecular flexibility index (Phi) is 39.2. The number of hydrogen-bond donors (Lipinski definition) is 0. The Labute approximate surface area is 424 Å². The Bertz CT molecular complexity index is 1050. The zero-order chi connectivity index (χ0) is 51.3. The summed E-state index contributed by atoms with van der Waals surface area (Å²) in [6.45, 7) is 41.3. The van der Waals surface area contributed by atoms with Crippen molar-refractivity contribution in [1.82, 2.24) is 0 Å². The van der Waals surface area contributed by atoms with Crippen LogP contribution >= 0.6 is 0 Å². The number of aliphatic carboxylic acids is 4. The van der Waals surface area contributed by atoms with E-state index < -0.39 is 45.5 Å². The summed E-state index contributed by atoms with van der Waals surface area (Å²) in [7, 11) is 0. The van der Waals surface area contributed by atoms with E-state index in [4.69, 9.17) is 0 Å². The first-order chi connectivity index (χ1) is 30.0. The summed E-state index contributed by atoms with van der Waals surface area (Å²) < 4.78 is 0. The Balaban J connectivity index is -0.000000245. The summed E-state index contributed by atoms with van der Waals surface area (Å²) in [4.78, 5) is 46.4. The fraction of sp³-hybridized carbons (Fsp3) is 0.929. The molecule has 0 heterocycles. The molecule has 9 heteroatoms. The van der Waals surface area contributed by atoms with E-state index in [0.29, 0.717) is 51.4 Å². The molecule has 0 unspecified atom stereocenters. The van der Waals surface area contributed by atoms with Crippen LogP contribution in [-0.4, -0.2) is 51.2 Å². The average Bonchev–Trinajstić information content (AvgIpc) is 3.29. The van der Waals surface area contributed by atoms with Gasteiger partial charge in [-0.15, -0.1) is 0 Å². The second kappa shape index (κ2) is 35.0. The molecule has 0 saturated carbocycles. The van der Waals surface area contributed by atoms with Crippen molar-refractivity contribution in [2.75, 3.05) is 0 Å². The second-order valence-corrected chi connectivity index (χ2v) is 19.3. The standard InChI is InChI=1S/4C14H28O2.Pb/c4*1-6-11-13(7-2,8-3)14(9-4,10-5)12(15)16;/h4*6-11H2,1-5H3,(H,15,16);/p-4. The molecule has 0 aliphatic rings. The van der Waals surface area contributed by atoms with E-state index in [1.807, 2.05) is 55.4 Å². The van der Waals surface area contributed by atoms with E-state index in [0.717, 1.165) is 103 Å². The molecular weight excluding hydrogens is 1010 g/mol. The fourth-order valence-corrected chi connectivity index (χ4v) is 14.0. The molecule has 0 saturated heterocycles. The summed E-state index contributed by atoms with van der Waals surface area (Å²) in [6, 6.07) is 0. The third kappa shape index (κ3) is 15.4. The van der Waals surface area contributed by atoms with E-state index in [-0.39, 0.29) is 49.0 Å². The Hall–Kier alpha value is -1.20. The molecule has 0 rings (SSSR count). The SMILES string of the molecule is CCCC(CC)(CC)C(CC)(CC)C(=O)[O-].CCCC(CC)(CC)C(CC)(CC)C(=O)[O-].CCCC(CC)(CC)C(CC)(CC)C(=O)[O-].CCCC(CC)(CC)C(CC)(CC)C(=O)[O-].[Pb]. The smallest absolute Gasteiger partial charge is 0.0481 e. The van der Waals surface area contributed by atoms with Crippen molar-refractivity contribution < 1.29 is 39.6 Å². The molecule has 0 amide bonds. The predicted octanol–water partition coefficient (Wildman–Crippen LogP) is 12.2. The second-order valence-electron chi connectivity index (χ2n) is 19.3. The molecule has 0 aliphatic heterocycles. The monoisotopic (exact) mass is 1120 g/mol. The van der Waals surface area contributed by atoms with E-state index >= 15 is 0 Å². The summed E-state index contributed by atoms with van der Waals surface area (Å²) in [6.07, 6.45) is 20.9. The van der Waals surface area contributed by atoms with Gasteiger partial charge in [0.2, 0.25) is 0 Å². The fourth-order valence-electron chi connectivity index (χ4n) is 14.0. The molecular formula is C56H108O8Pb-4. The summed E-state index contributed by atoms with van der Waals surface area (Å²) in [5, 5.41) is 46.4. The molecule has 388 valence electrons. The van der Waals surface area contributed by atoms with Crippen molar-refractivity contribution in [3.63, 3.8) is 0 Å². The largest absolute Gasteiger partial charge is 0.550 e. The van der Waals surface area contributed by atoms with Gasteiger partial charge in [-0.05, 0) is 150 Å². The summed E-state index contributed by atoms with van der Waals surface area (Å²) in [5.74, 6) is -3.41. The van der Waals surface area contributed by atoms with Gasteiger partial charge in [0.25, 0.3) is 0 Å². The number of carbonyl (C=O) groups excluding carboxylic acids is 4. The first-order valence-electron chi connectivity index (χ1n) is 26.8. The molecule has 0 N–H and O–H groups in total. The van der Waals surface area contributed by atoms with Gasteiger partial charge < -0.3 is 39.6 Å². The Morgan fingerprint density at radius 2 is 0.354 bits per heavy atom. The third-order valence-electron chi connectivity index (χ3n) is 18.8. The van der Waals surface area contributed by atoms with Crippen LogP contribution in [0.15, 0.2) is 0 Å². The minimum Gasteiger partial charge on any atom is -0.550 e. The van der Waals surface area contributed by atoms with Crippen molar-refractivity contribution in [3.05, 3.63) is 0 Å². The maximum atomic E-state index is 11.6. The van der Waals surface area contributed by atoms with Crippen LogP contribution in [0.5, 0.6) is 0 Å². The van der Waals surface area contributed by atoms with Gasteiger partial charge in [-0.2, -0.15) is 0 Å². The maximum Gasteiger partial charge on any atom is 0.0481 e. The minimum atomic E-state index is -0.852. The van der Waals surface area contributed by atoms with Crippen molar-refractivity contribution in [1.29, 1.82) is 0 Å². The van der Waals surface area contributed by atoms with Gasteiger partial charge >= 0.3 is 0 Å². The zero-order valence-corrected chi connectivity index (χ0v) is 50.6. The quantitative estimate of drug-likeness (QED) is 0.0602. The van der Waals surface area contributed by atoms with Crippen LogP contribution in [0.1, 0.15) is 293 Å². The van der Waals surface area contributed by atoms with Crippen LogP contribution in [-0.2, 0) is 19.2 Å². The number of rotatable bonds is 32. The van der Waals surface area contributed by atoms with Crippen molar-refractivity contribution in [2.24, 2.45) is 43.3 Å². The van der Waals surface area contributed by atoms with Crippen LogP contribution in [0, 0.1) is 43.3 Å². The van der Waals surface area contributed by atoms with Gasteiger partial charge in [-0.1, -0.05) is 164 Å². The first kappa shape index (κ1) is 72.8. The third-order valence-corrected chi connectivity index (χ3v) is 18.8. The molecule has 0 aromatic heterocycles. The molecule has 0 aromatic rings. The van der Waals surface area contributed by atoms with E-state index in [2.05, 4.69) is 83.1 Å². The molecule has 0 aliphatic carbocycles. The van der Waals surface area contributed by atoms with Crippen LogP contribution < -0.4 is 20.4 Å². The Morgan fingerprint density at radius 1 is 0.246 bits per heavy atom. The Morgan fingerprint density at radius 3 is 0.400 bits per heavy atom. The summed E-state index contributed by atoms with van der Waals surface area (Å²) in [5.41, 5.74) is -2.96. The van der Waals surface area contributed by atoms with Gasteiger partial charge in [0.05, 0.1) is 0 Å². The normalized spacial score (nSPS) is 12.6. The predicted molar refractivity (Wildman–Crippen MR) is 270 cm³/mol. The number of hydrogen-bond acceptors (Lipinski definition) is 8. The first-order valence-corrected chi connectivity index (χ1v) is 26.8. The van der Waals surface area contributed by atoms with Crippen LogP contribution in [0.25, 0.3) is 0 Å². The molecule has 0 fully saturated rings. The van der Waals surface area contributed by atoms with Crippen LogP contribution in [0.2, 0.25) is 0 Å². The number of carboxylic acid groups (broad SMARTS) is 4. The van der Waals surface area contributed by atoms with Gasteiger partial charge in [0, 0.05) is 72.8 Å². The zero-order valence-electron chi connectivity index (χ0n) is 46.7. The van der Waals surface area contributed by atoms with E-state index in [1.165, 1.54) is 0 Å². The van der Waals surface area contributed by atoms with Crippen molar-refractivity contribution in [2.45, 2.75) is 293 Å². The van der Waals surface area contributed by atoms with Gasteiger partial charge in [0.15, 0.2) is 0 Å². The molecule has 8 nitrogen and oxygen atoms in total. The molecule has 4 radical (unpaired) electrons. The summed E-state index contributed by atoms with van der Waals surface area (Å²) >= 11 is 0. The van der Waals surface area contributed by atoms with Gasteiger partial charge in [0.1, 0.15) is 0 Å². The van der Waals surface area contributed by atoms with Crippen LogP contribution in [0.3, 0.4) is 0 Å². The molecule has 0 aromatic carbocycles. The van der Waals surface area contributed by atoms with Gasteiger partial charge in [-0.3, -0.25) is 0 Å². The minimum absolute atomic E-state index is 0. The van der Waals surface area contributed by atoms with E-state index in [1.54, 1.807) is 0 Å². The van der Waals surface area contributed by atoms with Crippen molar-refractivity contribution >= 4 is 51.2 Å². The number of carboxylic acids is 4. The molecule has 0 bridgehead atoms. The van der Waals surface area contributed by atoms with Crippen LogP contribution in [0.4, 0.5) is 0 Å². The van der Waals surface area contributed by atoms with Gasteiger partial charge in [-0.25, -0.2) is 0 Å². The molecule has 0 spiro atoms. The maximum absolute atomic E-state index is 11.6. The molecule has 65 heavy (non-hydrogen) atoms. The van der Waals surface area contributed by atoms with E-state index in [9.17, 15) is 39.6 Å².